The van der Waals surface area contributed by atoms with Crippen LogP contribution in [0.5, 0.6) is 0 Å². The smallest absolute Gasteiger partial charge is 0.318 e. The SMILES string of the molecule is CC[C@@H](C)n1c(S[C@@H](C)C(=O)NC(N)=O)nnc1-c1cccc(S(=O)(=O)N2CCOCC2)c1. The average Bonchev–Trinajstić information content (AvgIpc) is 3.22. The molecule has 11 nitrogen and oxygen atoms in total. The molecule has 3 rings (SSSR count). The summed E-state index contributed by atoms with van der Waals surface area (Å²) in [6.07, 6.45) is 0.756. The molecule has 0 aliphatic carbocycles. The lowest BCUT2D eigenvalue weighted by atomic mass is 10.2. The van der Waals surface area contributed by atoms with Gasteiger partial charge in [-0.25, -0.2) is 13.2 Å². The topological polar surface area (TPSA) is 150 Å². The van der Waals surface area contributed by atoms with Crippen molar-refractivity contribution in [3.63, 3.8) is 0 Å². The monoisotopic (exact) mass is 496 g/mol. The zero-order valence-corrected chi connectivity index (χ0v) is 20.4. The maximum absolute atomic E-state index is 13.1. The molecule has 1 saturated heterocycles. The molecule has 2 heterocycles. The summed E-state index contributed by atoms with van der Waals surface area (Å²) in [4.78, 5) is 23.3. The Hall–Kier alpha value is -2.48. The molecule has 2 aromatic rings. The summed E-state index contributed by atoms with van der Waals surface area (Å²) in [6, 6.07) is 5.65. The number of carbonyl (C=O) groups is 2. The summed E-state index contributed by atoms with van der Waals surface area (Å²) in [7, 11) is -3.67. The maximum Gasteiger partial charge on any atom is 0.318 e. The number of hydrogen-bond donors (Lipinski definition) is 2. The molecule has 1 aromatic carbocycles. The van der Waals surface area contributed by atoms with Crippen LogP contribution in [0, 0.1) is 0 Å². The molecule has 0 bridgehead atoms. The van der Waals surface area contributed by atoms with Crippen molar-refractivity contribution in [3.05, 3.63) is 24.3 Å². The van der Waals surface area contributed by atoms with Crippen LogP contribution in [0.2, 0.25) is 0 Å². The number of benzene rings is 1. The summed E-state index contributed by atoms with van der Waals surface area (Å²) in [5.41, 5.74) is 5.63. The van der Waals surface area contributed by atoms with Crippen LogP contribution in [-0.2, 0) is 19.6 Å². The van der Waals surface area contributed by atoms with Gasteiger partial charge in [-0.1, -0.05) is 30.8 Å². The fourth-order valence-corrected chi connectivity index (χ4v) is 5.70. The van der Waals surface area contributed by atoms with E-state index in [1.54, 1.807) is 31.2 Å². The van der Waals surface area contributed by atoms with Crippen molar-refractivity contribution >= 4 is 33.7 Å². The van der Waals surface area contributed by atoms with Crippen molar-refractivity contribution in [3.8, 4) is 11.4 Å². The number of amides is 3. The minimum atomic E-state index is -3.67. The Morgan fingerprint density at radius 1 is 1.24 bits per heavy atom. The molecule has 13 heteroatoms. The minimum Gasteiger partial charge on any atom is -0.379 e. The largest absolute Gasteiger partial charge is 0.379 e. The molecule has 0 saturated carbocycles. The normalized spacial score (nSPS) is 16.8. The van der Waals surface area contributed by atoms with E-state index in [-0.39, 0.29) is 10.9 Å². The van der Waals surface area contributed by atoms with Crippen LogP contribution in [-0.4, -0.2) is 71.0 Å². The number of nitrogens with two attached hydrogens (primary N) is 1. The molecule has 180 valence electrons. The Kier molecular flexibility index (Phi) is 8.10. The Balaban J connectivity index is 1.95. The van der Waals surface area contributed by atoms with E-state index in [2.05, 4.69) is 15.5 Å². The van der Waals surface area contributed by atoms with E-state index in [9.17, 15) is 18.0 Å². The lowest BCUT2D eigenvalue weighted by Crippen LogP contribution is -2.40. The Bertz CT molecular complexity index is 1110. The van der Waals surface area contributed by atoms with E-state index in [1.165, 1.54) is 4.31 Å². The number of carbonyl (C=O) groups excluding carboxylic acids is 2. The van der Waals surface area contributed by atoms with E-state index in [0.29, 0.717) is 42.8 Å². The number of sulfonamides is 1. The van der Waals surface area contributed by atoms with Gasteiger partial charge >= 0.3 is 6.03 Å². The van der Waals surface area contributed by atoms with Crippen LogP contribution in [0.3, 0.4) is 0 Å². The minimum absolute atomic E-state index is 0.0246. The first-order valence-electron chi connectivity index (χ1n) is 10.5. The quantitative estimate of drug-likeness (QED) is 0.524. The third-order valence-corrected chi connectivity index (χ3v) is 8.25. The first-order chi connectivity index (χ1) is 15.6. The summed E-state index contributed by atoms with van der Waals surface area (Å²) in [5.74, 6) is -0.0419. The van der Waals surface area contributed by atoms with Gasteiger partial charge in [0.05, 0.1) is 23.4 Å². The van der Waals surface area contributed by atoms with Crippen LogP contribution >= 0.6 is 11.8 Å². The first-order valence-corrected chi connectivity index (χ1v) is 12.9. The highest BCUT2D eigenvalue weighted by Gasteiger charge is 2.28. The lowest BCUT2D eigenvalue weighted by Gasteiger charge is -2.26. The predicted octanol–water partition coefficient (Wildman–Crippen LogP) is 1.61. The Labute approximate surface area is 197 Å². The highest BCUT2D eigenvalue weighted by Crippen LogP contribution is 2.32. The van der Waals surface area contributed by atoms with Gasteiger partial charge in [0.2, 0.25) is 15.9 Å². The van der Waals surface area contributed by atoms with Gasteiger partial charge in [-0.3, -0.25) is 14.7 Å². The van der Waals surface area contributed by atoms with E-state index in [4.69, 9.17) is 10.5 Å². The maximum atomic E-state index is 13.1. The molecule has 1 fully saturated rings. The molecule has 1 aromatic heterocycles. The number of urea groups is 1. The fraction of sp³-hybridized carbons (Fsp3) is 0.500. The van der Waals surface area contributed by atoms with Crippen LogP contribution in [0.4, 0.5) is 4.79 Å². The molecule has 3 N–H and O–H groups in total. The van der Waals surface area contributed by atoms with Gasteiger partial charge < -0.3 is 10.5 Å². The third kappa shape index (κ3) is 5.72. The van der Waals surface area contributed by atoms with Crippen LogP contribution < -0.4 is 11.1 Å². The number of primary amides is 1. The zero-order valence-electron chi connectivity index (χ0n) is 18.7. The second kappa shape index (κ2) is 10.6. The number of ether oxygens (including phenoxy) is 1. The second-order valence-corrected chi connectivity index (χ2v) is 10.8. The van der Waals surface area contributed by atoms with Crippen molar-refractivity contribution in [2.45, 2.75) is 48.5 Å². The molecule has 0 spiro atoms. The molecular weight excluding hydrogens is 468 g/mol. The summed E-state index contributed by atoms with van der Waals surface area (Å²) in [5, 5.41) is 10.4. The van der Waals surface area contributed by atoms with Crippen molar-refractivity contribution in [2.24, 2.45) is 5.73 Å². The highest BCUT2D eigenvalue weighted by molar-refractivity contribution is 8.00. The Morgan fingerprint density at radius 3 is 2.58 bits per heavy atom. The summed E-state index contributed by atoms with van der Waals surface area (Å²) in [6.45, 7) is 6.97. The predicted molar refractivity (Wildman–Crippen MR) is 123 cm³/mol. The first kappa shape index (κ1) is 25.1. The van der Waals surface area contributed by atoms with Crippen LogP contribution in [0.15, 0.2) is 34.3 Å². The highest BCUT2D eigenvalue weighted by atomic mass is 32.2. The van der Waals surface area contributed by atoms with Gasteiger partial charge in [0, 0.05) is 24.7 Å². The third-order valence-electron chi connectivity index (χ3n) is 5.29. The molecular formula is C20H28N6O5S2. The number of thioether (sulfide) groups is 1. The van der Waals surface area contributed by atoms with Crippen LogP contribution in [0.25, 0.3) is 11.4 Å². The van der Waals surface area contributed by atoms with E-state index in [0.717, 1.165) is 18.2 Å². The number of nitrogens with zero attached hydrogens (tertiary/aromatic N) is 4. The van der Waals surface area contributed by atoms with Crippen molar-refractivity contribution in [1.29, 1.82) is 0 Å². The fourth-order valence-electron chi connectivity index (χ4n) is 3.30. The van der Waals surface area contributed by atoms with E-state index < -0.39 is 27.2 Å². The molecule has 1 aliphatic rings. The molecule has 0 unspecified atom stereocenters. The van der Waals surface area contributed by atoms with Crippen molar-refractivity contribution < 1.29 is 22.7 Å². The van der Waals surface area contributed by atoms with Crippen molar-refractivity contribution in [1.82, 2.24) is 24.4 Å². The molecule has 33 heavy (non-hydrogen) atoms. The van der Waals surface area contributed by atoms with Gasteiger partial charge in [-0.2, -0.15) is 4.31 Å². The van der Waals surface area contributed by atoms with E-state index >= 15 is 0 Å². The number of rotatable bonds is 8. The average molecular weight is 497 g/mol. The van der Waals surface area contributed by atoms with Crippen LogP contribution in [0.1, 0.15) is 33.2 Å². The number of aromatic nitrogens is 3. The van der Waals surface area contributed by atoms with Gasteiger partial charge in [-0.15, -0.1) is 10.2 Å². The standard InChI is InChI=1S/C20H28N6O5S2/c1-4-13(2)26-17(23-24-20(26)32-14(3)18(27)22-19(21)28)15-6-5-7-16(12-15)33(29,30)25-8-10-31-11-9-25/h5-7,12-14H,4,8-11H2,1-3H3,(H3,21,22,27,28)/t13-,14+/m1/s1. The van der Waals surface area contributed by atoms with E-state index in [1.807, 2.05) is 18.4 Å². The summed E-state index contributed by atoms with van der Waals surface area (Å²) >= 11 is 1.14. The zero-order chi connectivity index (χ0) is 24.2. The number of nitrogens with one attached hydrogen (secondary N) is 1. The van der Waals surface area contributed by atoms with Gasteiger partial charge in [-0.05, 0) is 32.4 Å². The van der Waals surface area contributed by atoms with Crippen molar-refractivity contribution in [2.75, 3.05) is 26.3 Å². The van der Waals surface area contributed by atoms with Gasteiger partial charge in [0.15, 0.2) is 11.0 Å². The number of morpholine rings is 1. The summed E-state index contributed by atoms with van der Waals surface area (Å²) < 4.78 is 34.8. The molecule has 3 amide bonds. The molecule has 2 atom stereocenters. The lowest BCUT2D eigenvalue weighted by molar-refractivity contribution is -0.119. The van der Waals surface area contributed by atoms with Gasteiger partial charge in [0.1, 0.15) is 0 Å². The molecule has 0 radical (unpaired) electrons. The number of hydrogen-bond acceptors (Lipinski definition) is 8. The van der Waals surface area contributed by atoms with Gasteiger partial charge in [0.25, 0.3) is 0 Å². The number of imide groups is 1. The molecule has 1 aliphatic heterocycles. The Morgan fingerprint density at radius 2 is 1.94 bits per heavy atom. The second-order valence-electron chi connectivity index (χ2n) is 7.59.